The first-order valence-corrected chi connectivity index (χ1v) is 10.8. The van der Waals surface area contributed by atoms with Gasteiger partial charge >= 0.3 is 0 Å². The Morgan fingerprint density at radius 3 is 1.96 bits per heavy atom. The molecule has 2 nitrogen and oxygen atoms in total. The van der Waals surface area contributed by atoms with E-state index in [4.69, 9.17) is 0 Å². The van der Waals surface area contributed by atoms with Crippen molar-refractivity contribution in [2.24, 2.45) is 0 Å². The summed E-state index contributed by atoms with van der Waals surface area (Å²) in [6.07, 6.45) is 2.44. The summed E-state index contributed by atoms with van der Waals surface area (Å²) in [6, 6.07) is 20.3. The summed E-state index contributed by atoms with van der Waals surface area (Å²) in [7, 11) is 0. The van der Waals surface area contributed by atoms with Crippen molar-refractivity contribution in [1.29, 1.82) is 0 Å². The molecule has 0 fully saturated rings. The first-order chi connectivity index (χ1) is 13.2. The van der Waals surface area contributed by atoms with Crippen molar-refractivity contribution >= 4 is 0 Å². The van der Waals surface area contributed by atoms with Crippen LogP contribution in [0.4, 0.5) is 0 Å². The molecule has 0 saturated carbocycles. The molecule has 0 saturated heterocycles. The van der Waals surface area contributed by atoms with Crippen molar-refractivity contribution in [2.75, 3.05) is 32.7 Å². The van der Waals surface area contributed by atoms with E-state index in [0.29, 0.717) is 5.92 Å². The van der Waals surface area contributed by atoms with E-state index in [1.165, 1.54) is 36.1 Å². The highest BCUT2D eigenvalue weighted by atomic mass is 15.1. The zero-order valence-corrected chi connectivity index (χ0v) is 17.8. The highest BCUT2D eigenvalue weighted by Crippen LogP contribution is 2.30. The summed E-state index contributed by atoms with van der Waals surface area (Å²) in [5.41, 5.74) is 4.34. The van der Waals surface area contributed by atoms with Gasteiger partial charge in [-0.2, -0.15) is 0 Å². The Hall–Kier alpha value is -1.64. The molecule has 0 aliphatic heterocycles. The van der Waals surface area contributed by atoms with Gasteiger partial charge in [0, 0.05) is 12.5 Å². The molecule has 0 bridgehead atoms. The molecule has 0 heterocycles. The van der Waals surface area contributed by atoms with Crippen LogP contribution in [0.1, 0.15) is 63.1 Å². The van der Waals surface area contributed by atoms with E-state index in [-0.39, 0.29) is 0 Å². The van der Waals surface area contributed by atoms with Gasteiger partial charge in [-0.05, 0) is 62.3 Å². The second-order valence-electron chi connectivity index (χ2n) is 7.34. The molecule has 148 valence electrons. The normalized spacial score (nSPS) is 12.7. The van der Waals surface area contributed by atoms with E-state index >= 15 is 0 Å². The lowest BCUT2D eigenvalue weighted by Gasteiger charge is -2.23. The van der Waals surface area contributed by atoms with Crippen LogP contribution in [0.15, 0.2) is 54.6 Å². The van der Waals surface area contributed by atoms with Gasteiger partial charge in [0.15, 0.2) is 0 Å². The molecule has 0 radical (unpaired) electrons. The van der Waals surface area contributed by atoms with Crippen molar-refractivity contribution in [3.8, 4) is 0 Å². The Labute approximate surface area is 167 Å². The minimum absolute atomic E-state index is 0.485. The van der Waals surface area contributed by atoms with Gasteiger partial charge < -0.3 is 4.90 Å². The van der Waals surface area contributed by atoms with Gasteiger partial charge in [0.1, 0.15) is 0 Å². The summed E-state index contributed by atoms with van der Waals surface area (Å²) in [5, 5.41) is 0. The number of benzene rings is 2. The van der Waals surface area contributed by atoms with Crippen LogP contribution in [-0.4, -0.2) is 42.5 Å². The number of hydrogen-bond acceptors (Lipinski definition) is 2. The predicted octanol–water partition coefficient (Wildman–Crippen LogP) is 5.78. The van der Waals surface area contributed by atoms with Crippen molar-refractivity contribution < 1.29 is 0 Å². The average molecular weight is 367 g/mol. The van der Waals surface area contributed by atoms with Crippen LogP contribution in [0.5, 0.6) is 0 Å². The van der Waals surface area contributed by atoms with E-state index in [9.17, 15) is 0 Å². The van der Waals surface area contributed by atoms with Crippen molar-refractivity contribution in [3.05, 3.63) is 71.3 Å². The van der Waals surface area contributed by atoms with Crippen LogP contribution in [0, 0.1) is 0 Å². The number of rotatable bonds is 12. The molecule has 2 aromatic rings. The molecule has 2 aromatic carbocycles. The summed E-state index contributed by atoms with van der Waals surface area (Å²) < 4.78 is 0. The van der Waals surface area contributed by atoms with Crippen LogP contribution in [0.3, 0.4) is 0 Å². The van der Waals surface area contributed by atoms with E-state index in [0.717, 1.165) is 32.7 Å². The molecule has 0 amide bonds. The van der Waals surface area contributed by atoms with Crippen molar-refractivity contribution in [1.82, 2.24) is 9.80 Å². The Kier molecular flexibility index (Phi) is 9.58. The maximum absolute atomic E-state index is 2.53. The van der Waals surface area contributed by atoms with Crippen LogP contribution < -0.4 is 0 Å². The first kappa shape index (κ1) is 21.7. The lowest BCUT2D eigenvalue weighted by molar-refractivity contribution is 0.294. The monoisotopic (exact) mass is 366 g/mol. The van der Waals surface area contributed by atoms with Crippen LogP contribution in [0.2, 0.25) is 0 Å². The maximum Gasteiger partial charge on any atom is 0.0233 e. The standard InChI is InChI=1S/C25H38N2/c1-5-26(6-2)19-13-18-25(23-15-10-9-11-16-23)24-17-12-14-22(20-24)21-27(7-3)8-4/h9-12,14-17,20,25H,5-8,13,18-19,21H2,1-4H3. The second-order valence-corrected chi connectivity index (χ2v) is 7.34. The van der Waals surface area contributed by atoms with Gasteiger partial charge in [-0.3, -0.25) is 4.90 Å². The first-order valence-electron chi connectivity index (χ1n) is 10.8. The highest BCUT2D eigenvalue weighted by Gasteiger charge is 2.15. The second kappa shape index (κ2) is 11.9. The Balaban J connectivity index is 2.18. The number of hydrogen-bond donors (Lipinski definition) is 0. The smallest absolute Gasteiger partial charge is 0.0233 e. The van der Waals surface area contributed by atoms with Crippen LogP contribution >= 0.6 is 0 Å². The fourth-order valence-electron chi connectivity index (χ4n) is 3.88. The summed E-state index contributed by atoms with van der Waals surface area (Å²) in [4.78, 5) is 5.01. The lowest BCUT2D eigenvalue weighted by Crippen LogP contribution is -2.24. The molecule has 27 heavy (non-hydrogen) atoms. The SMILES string of the molecule is CCN(CC)CCCC(c1ccccc1)c1cccc(CN(CC)CC)c1. The quantitative estimate of drug-likeness (QED) is 0.469. The third kappa shape index (κ3) is 6.79. The third-order valence-corrected chi connectivity index (χ3v) is 5.72. The summed E-state index contributed by atoms with van der Waals surface area (Å²) in [6.45, 7) is 15.7. The van der Waals surface area contributed by atoms with Crippen LogP contribution in [0.25, 0.3) is 0 Å². The minimum Gasteiger partial charge on any atom is -0.304 e. The predicted molar refractivity (Wildman–Crippen MR) is 118 cm³/mol. The zero-order valence-electron chi connectivity index (χ0n) is 17.8. The molecule has 0 aliphatic carbocycles. The Morgan fingerprint density at radius 2 is 1.33 bits per heavy atom. The maximum atomic E-state index is 2.53. The van der Waals surface area contributed by atoms with Gasteiger partial charge in [0.2, 0.25) is 0 Å². The molecular weight excluding hydrogens is 328 g/mol. The Morgan fingerprint density at radius 1 is 0.704 bits per heavy atom. The van der Waals surface area contributed by atoms with Gasteiger partial charge in [0.25, 0.3) is 0 Å². The highest BCUT2D eigenvalue weighted by molar-refractivity contribution is 5.35. The average Bonchev–Trinajstić information content (AvgIpc) is 2.73. The Bertz CT molecular complexity index is 630. The molecule has 1 atom stereocenters. The van der Waals surface area contributed by atoms with E-state index in [1.807, 2.05) is 0 Å². The summed E-state index contributed by atoms with van der Waals surface area (Å²) in [5.74, 6) is 0.485. The fraction of sp³-hybridized carbons (Fsp3) is 0.520. The van der Waals surface area contributed by atoms with Crippen molar-refractivity contribution in [3.63, 3.8) is 0 Å². The lowest BCUT2D eigenvalue weighted by atomic mass is 9.86. The molecule has 1 unspecified atom stereocenters. The molecule has 0 aliphatic rings. The molecular formula is C25H38N2. The fourth-order valence-corrected chi connectivity index (χ4v) is 3.88. The van der Waals surface area contributed by atoms with E-state index < -0.39 is 0 Å². The van der Waals surface area contributed by atoms with Gasteiger partial charge in [-0.15, -0.1) is 0 Å². The molecule has 0 N–H and O–H groups in total. The number of nitrogens with zero attached hydrogens (tertiary/aromatic N) is 2. The molecule has 2 heteroatoms. The molecule has 2 rings (SSSR count). The topological polar surface area (TPSA) is 6.48 Å². The molecule has 0 spiro atoms. The molecule has 0 aromatic heterocycles. The van der Waals surface area contributed by atoms with Crippen molar-refractivity contribution in [2.45, 2.75) is 53.0 Å². The van der Waals surface area contributed by atoms with E-state index in [2.05, 4.69) is 92.1 Å². The van der Waals surface area contributed by atoms with Crippen LogP contribution in [-0.2, 0) is 6.54 Å². The van der Waals surface area contributed by atoms with Gasteiger partial charge in [-0.1, -0.05) is 82.3 Å². The minimum atomic E-state index is 0.485. The zero-order chi connectivity index (χ0) is 19.5. The van der Waals surface area contributed by atoms with Gasteiger partial charge in [-0.25, -0.2) is 0 Å². The summed E-state index contributed by atoms with van der Waals surface area (Å²) >= 11 is 0. The van der Waals surface area contributed by atoms with Gasteiger partial charge in [0.05, 0.1) is 0 Å². The van der Waals surface area contributed by atoms with E-state index in [1.54, 1.807) is 0 Å². The third-order valence-electron chi connectivity index (χ3n) is 5.72. The largest absolute Gasteiger partial charge is 0.304 e.